The van der Waals surface area contributed by atoms with Crippen molar-refractivity contribution in [2.75, 3.05) is 25.5 Å². The van der Waals surface area contributed by atoms with E-state index in [0.717, 1.165) is 30.5 Å². The maximum absolute atomic E-state index is 4.27. The Morgan fingerprint density at radius 1 is 1.42 bits per heavy atom. The Bertz CT molecular complexity index is 223. The first-order chi connectivity index (χ1) is 5.86. The third-order valence-electron chi connectivity index (χ3n) is 1.44. The van der Waals surface area contributed by atoms with Crippen LogP contribution in [0, 0.1) is 0 Å². The van der Waals surface area contributed by atoms with Gasteiger partial charge < -0.3 is 10.6 Å². The van der Waals surface area contributed by atoms with E-state index in [1.165, 1.54) is 11.5 Å². The fourth-order valence-corrected chi connectivity index (χ4v) is 1.44. The maximum Gasteiger partial charge on any atom is 0.202 e. The van der Waals surface area contributed by atoms with Crippen LogP contribution < -0.4 is 10.6 Å². The van der Waals surface area contributed by atoms with Gasteiger partial charge in [0.1, 0.15) is 5.82 Å². The van der Waals surface area contributed by atoms with Crippen molar-refractivity contribution in [2.45, 2.75) is 13.3 Å². The third kappa shape index (κ3) is 2.75. The Hall–Kier alpha value is -0.680. The Balaban J connectivity index is 2.31. The molecule has 0 saturated carbocycles. The molecule has 1 rings (SSSR count). The molecule has 5 heteroatoms. The number of aromatic nitrogens is 2. The highest BCUT2D eigenvalue weighted by molar-refractivity contribution is 7.09. The van der Waals surface area contributed by atoms with Gasteiger partial charge in [-0.1, -0.05) is 6.92 Å². The normalized spacial score (nSPS) is 10.2. The number of aryl methyl sites for hydroxylation is 1. The summed E-state index contributed by atoms with van der Waals surface area (Å²) in [6.07, 6.45) is 0.907. The minimum atomic E-state index is 0.898. The summed E-state index contributed by atoms with van der Waals surface area (Å²) in [5.41, 5.74) is 0. The first-order valence-corrected chi connectivity index (χ1v) is 4.85. The summed E-state index contributed by atoms with van der Waals surface area (Å²) in [7, 11) is 1.93. The number of hydrogen-bond acceptors (Lipinski definition) is 5. The third-order valence-corrected chi connectivity index (χ3v) is 2.15. The highest BCUT2D eigenvalue weighted by atomic mass is 32.1. The van der Waals surface area contributed by atoms with Crippen LogP contribution in [0.15, 0.2) is 0 Å². The quantitative estimate of drug-likeness (QED) is 0.666. The van der Waals surface area contributed by atoms with Gasteiger partial charge in [0.2, 0.25) is 5.13 Å². The van der Waals surface area contributed by atoms with Crippen LogP contribution in [0.25, 0.3) is 0 Å². The number of likely N-dealkylation sites (N-methyl/N-ethyl adjacent to an activating group) is 1. The topological polar surface area (TPSA) is 49.8 Å². The van der Waals surface area contributed by atoms with Crippen molar-refractivity contribution in [2.24, 2.45) is 0 Å². The summed E-state index contributed by atoms with van der Waals surface area (Å²) in [5, 5.41) is 7.15. The molecule has 0 aliphatic carbocycles. The number of nitrogens with zero attached hydrogens (tertiary/aromatic N) is 2. The van der Waals surface area contributed by atoms with Gasteiger partial charge in [0.15, 0.2) is 0 Å². The number of anilines is 1. The van der Waals surface area contributed by atoms with Crippen LogP contribution in [0.4, 0.5) is 5.13 Å². The Kier molecular flexibility index (Phi) is 3.96. The molecule has 1 heterocycles. The van der Waals surface area contributed by atoms with Crippen molar-refractivity contribution in [3.63, 3.8) is 0 Å². The van der Waals surface area contributed by atoms with Crippen LogP contribution in [0.1, 0.15) is 12.7 Å². The lowest BCUT2D eigenvalue weighted by Crippen LogP contribution is -2.17. The van der Waals surface area contributed by atoms with Gasteiger partial charge in [-0.15, -0.1) is 0 Å². The summed E-state index contributed by atoms with van der Waals surface area (Å²) in [6, 6.07) is 0. The molecule has 0 bridgehead atoms. The molecule has 0 fully saturated rings. The largest absolute Gasteiger partial charge is 0.359 e. The molecular weight excluding hydrogens is 172 g/mol. The number of rotatable bonds is 5. The molecule has 0 aromatic carbocycles. The van der Waals surface area contributed by atoms with E-state index in [1.54, 1.807) is 0 Å². The van der Waals surface area contributed by atoms with E-state index in [1.807, 2.05) is 7.05 Å². The fourth-order valence-electron chi connectivity index (χ4n) is 0.764. The van der Waals surface area contributed by atoms with Gasteiger partial charge >= 0.3 is 0 Å². The van der Waals surface area contributed by atoms with Crippen LogP contribution in [0.2, 0.25) is 0 Å². The fraction of sp³-hybridized carbons (Fsp3) is 0.714. The van der Waals surface area contributed by atoms with Crippen LogP contribution in [-0.4, -0.2) is 29.5 Å². The molecule has 0 atom stereocenters. The number of nitrogens with one attached hydrogen (secondary N) is 2. The van der Waals surface area contributed by atoms with Crippen molar-refractivity contribution >= 4 is 16.7 Å². The van der Waals surface area contributed by atoms with Crippen LogP contribution >= 0.6 is 11.5 Å². The minimum Gasteiger partial charge on any atom is -0.359 e. The molecule has 12 heavy (non-hydrogen) atoms. The van der Waals surface area contributed by atoms with Crippen molar-refractivity contribution < 1.29 is 0 Å². The van der Waals surface area contributed by atoms with Crippen LogP contribution in [0.3, 0.4) is 0 Å². The second-order valence-electron chi connectivity index (χ2n) is 2.40. The predicted molar refractivity (Wildman–Crippen MR) is 51.7 cm³/mol. The zero-order chi connectivity index (χ0) is 8.81. The SMILES string of the molecule is CCc1nsc(NCCNC)n1. The van der Waals surface area contributed by atoms with Gasteiger partial charge in [0.05, 0.1) is 0 Å². The van der Waals surface area contributed by atoms with E-state index in [-0.39, 0.29) is 0 Å². The highest BCUT2D eigenvalue weighted by Gasteiger charge is 1.99. The van der Waals surface area contributed by atoms with Gasteiger partial charge in [-0.3, -0.25) is 0 Å². The van der Waals surface area contributed by atoms with E-state index in [4.69, 9.17) is 0 Å². The molecule has 0 aliphatic heterocycles. The van der Waals surface area contributed by atoms with E-state index < -0.39 is 0 Å². The average molecular weight is 186 g/mol. The summed E-state index contributed by atoms with van der Waals surface area (Å²) in [6.45, 7) is 3.90. The van der Waals surface area contributed by atoms with Crippen molar-refractivity contribution in [3.8, 4) is 0 Å². The molecule has 4 nitrogen and oxygen atoms in total. The summed E-state index contributed by atoms with van der Waals surface area (Å²) in [5.74, 6) is 0.923. The number of hydrogen-bond donors (Lipinski definition) is 2. The summed E-state index contributed by atoms with van der Waals surface area (Å²) >= 11 is 1.42. The minimum absolute atomic E-state index is 0.898. The molecule has 0 saturated heterocycles. The maximum atomic E-state index is 4.27. The zero-order valence-corrected chi connectivity index (χ0v) is 8.24. The Morgan fingerprint density at radius 3 is 2.83 bits per heavy atom. The summed E-state index contributed by atoms with van der Waals surface area (Å²) < 4.78 is 4.16. The zero-order valence-electron chi connectivity index (χ0n) is 7.42. The first kappa shape index (κ1) is 9.41. The molecule has 2 N–H and O–H groups in total. The standard InChI is InChI=1S/C7H14N4S/c1-3-6-10-7(12-11-6)9-5-4-8-2/h8H,3-5H2,1-2H3,(H,9,10,11). The highest BCUT2D eigenvalue weighted by Crippen LogP contribution is 2.09. The molecule has 1 aromatic heterocycles. The van der Waals surface area contributed by atoms with E-state index in [2.05, 4.69) is 26.9 Å². The second kappa shape index (κ2) is 5.05. The van der Waals surface area contributed by atoms with Crippen molar-refractivity contribution in [1.82, 2.24) is 14.7 Å². The van der Waals surface area contributed by atoms with Crippen LogP contribution in [-0.2, 0) is 6.42 Å². The van der Waals surface area contributed by atoms with E-state index in [0.29, 0.717) is 0 Å². The molecule has 0 unspecified atom stereocenters. The molecular formula is C7H14N4S. The summed E-state index contributed by atoms with van der Waals surface area (Å²) in [4.78, 5) is 4.27. The van der Waals surface area contributed by atoms with E-state index in [9.17, 15) is 0 Å². The molecule has 68 valence electrons. The molecule has 0 amide bonds. The van der Waals surface area contributed by atoms with Crippen molar-refractivity contribution in [1.29, 1.82) is 0 Å². The van der Waals surface area contributed by atoms with Gasteiger partial charge in [-0.05, 0) is 7.05 Å². The van der Waals surface area contributed by atoms with E-state index >= 15 is 0 Å². The molecule has 1 aromatic rings. The second-order valence-corrected chi connectivity index (χ2v) is 3.15. The van der Waals surface area contributed by atoms with Gasteiger partial charge in [0.25, 0.3) is 0 Å². The first-order valence-electron chi connectivity index (χ1n) is 4.08. The van der Waals surface area contributed by atoms with Gasteiger partial charge in [-0.2, -0.15) is 4.37 Å². The van der Waals surface area contributed by atoms with Gasteiger partial charge in [-0.25, -0.2) is 4.98 Å². The Labute approximate surface area is 76.6 Å². The lowest BCUT2D eigenvalue weighted by atomic mass is 10.5. The lowest BCUT2D eigenvalue weighted by Gasteiger charge is -1.98. The van der Waals surface area contributed by atoms with Gasteiger partial charge in [0, 0.05) is 31.0 Å². The smallest absolute Gasteiger partial charge is 0.202 e. The average Bonchev–Trinajstić information content (AvgIpc) is 2.53. The molecule has 0 spiro atoms. The molecule has 0 radical (unpaired) electrons. The molecule has 0 aliphatic rings. The predicted octanol–water partition coefficient (Wildman–Crippen LogP) is 0.732. The Morgan fingerprint density at radius 2 is 2.25 bits per heavy atom. The van der Waals surface area contributed by atoms with Crippen molar-refractivity contribution in [3.05, 3.63) is 5.82 Å². The monoisotopic (exact) mass is 186 g/mol. The van der Waals surface area contributed by atoms with Crippen LogP contribution in [0.5, 0.6) is 0 Å². The lowest BCUT2D eigenvalue weighted by molar-refractivity contribution is 0.822.